The summed E-state index contributed by atoms with van der Waals surface area (Å²) in [6.07, 6.45) is -0.408. The van der Waals surface area contributed by atoms with E-state index in [1.165, 1.54) is 0 Å². The first-order valence-electron chi connectivity index (χ1n) is 4.97. The van der Waals surface area contributed by atoms with E-state index in [0.29, 0.717) is 6.42 Å². The van der Waals surface area contributed by atoms with E-state index in [-0.39, 0.29) is 6.61 Å². The Labute approximate surface area is 119 Å². The van der Waals surface area contributed by atoms with Crippen LogP contribution in [0.1, 0.15) is 5.69 Å². The van der Waals surface area contributed by atoms with Crippen LogP contribution in [0.5, 0.6) is 0 Å². The van der Waals surface area contributed by atoms with Crippen molar-refractivity contribution in [3.8, 4) is 0 Å². The van der Waals surface area contributed by atoms with Crippen LogP contribution >= 0.6 is 34.8 Å². The average Bonchev–Trinajstić information content (AvgIpc) is 2.29. The Morgan fingerprint density at radius 1 is 1.50 bits per heavy atom. The number of alkyl carbamates (subject to hydrolysis) is 1. The van der Waals surface area contributed by atoms with E-state index in [0.717, 1.165) is 5.69 Å². The minimum Gasteiger partial charge on any atom is -0.449 e. The number of halogens is 3. The van der Waals surface area contributed by atoms with Crippen molar-refractivity contribution in [2.45, 2.75) is 16.4 Å². The van der Waals surface area contributed by atoms with Crippen LogP contribution in [0, 0.1) is 0 Å². The van der Waals surface area contributed by atoms with E-state index in [4.69, 9.17) is 39.5 Å². The van der Waals surface area contributed by atoms with Crippen LogP contribution in [0.15, 0.2) is 24.4 Å². The number of aromatic nitrogens is 1. The Balaban J connectivity index is 2.26. The minimum absolute atomic E-state index is 0.107. The molecule has 1 unspecified atom stereocenters. The molecule has 5 nitrogen and oxygen atoms in total. The summed E-state index contributed by atoms with van der Waals surface area (Å²) in [6, 6.07) is 5.42. The number of nitrogens with zero attached hydrogens (tertiary/aromatic N) is 1. The fraction of sp³-hybridized carbons (Fsp3) is 0.400. The van der Waals surface area contributed by atoms with Gasteiger partial charge in [0.05, 0.1) is 6.61 Å². The maximum absolute atomic E-state index is 11.2. The number of rotatable bonds is 4. The summed E-state index contributed by atoms with van der Waals surface area (Å²) in [6.45, 7) is 0.107. The second-order valence-electron chi connectivity index (χ2n) is 3.30. The lowest BCUT2D eigenvalue weighted by molar-refractivity contribution is 0.101. The van der Waals surface area contributed by atoms with Gasteiger partial charge in [0.25, 0.3) is 0 Å². The second-order valence-corrected chi connectivity index (χ2v) is 5.66. The summed E-state index contributed by atoms with van der Waals surface area (Å²) in [4.78, 5) is 15.3. The summed E-state index contributed by atoms with van der Waals surface area (Å²) in [5.74, 6) is 0. The summed E-state index contributed by atoms with van der Waals surface area (Å²) < 4.78 is 2.79. The minimum atomic E-state index is -2.00. The third kappa shape index (κ3) is 5.73. The number of aliphatic hydroxyl groups excluding tert-OH is 1. The monoisotopic (exact) mass is 312 g/mol. The molecule has 0 aromatic carbocycles. The number of hydrogen-bond donors (Lipinski definition) is 2. The van der Waals surface area contributed by atoms with Crippen LogP contribution in [0.4, 0.5) is 4.79 Å². The number of nitrogens with one attached hydrogen (secondary N) is 1. The van der Waals surface area contributed by atoms with Crippen molar-refractivity contribution in [3.05, 3.63) is 30.1 Å². The molecule has 0 spiro atoms. The molecule has 1 atom stereocenters. The van der Waals surface area contributed by atoms with Gasteiger partial charge in [-0.15, -0.1) is 0 Å². The lowest BCUT2D eigenvalue weighted by Crippen LogP contribution is -2.43. The van der Waals surface area contributed by atoms with Gasteiger partial charge in [-0.25, -0.2) is 4.79 Å². The standard InChI is InChI=1S/C10H11Cl3N2O3/c11-10(12,13)8(16)15-9(17)18-6-4-7-3-1-2-5-14-7/h1-3,5,8,16H,4,6H2,(H,15,17). The van der Waals surface area contributed by atoms with Crippen LogP contribution < -0.4 is 5.32 Å². The molecule has 0 aliphatic heterocycles. The molecule has 0 saturated heterocycles. The predicted molar refractivity (Wildman–Crippen MR) is 68.7 cm³/mol. The van der Waals surface area contributed by atoms with Crippen molar-refractivity contribution in [3.63, 3.8) is 0 Å². The van der Waals surface area contributed by atoms with Gasteiger partial charge >= 0.3 is 6.09 Å². The van der Waals surface area contributed by atoms with Crippen LogP contribution in [-0.4, -0.2) is 32.8 Å². The lowest BCUT2D eigenvalue weighted by Gasteiger charge is -2.19. The fourth-order valence-corrected chi connectivity index (χ4v) is 1.19. The molecule has 0 aliphatic carbocycles. The zero-order valence-electron chi connectivity index (χ0n) is 9.15. The summed E-state index contributed by atoms with van der Waals surface area (Å²) >= 11 is 16.1. The Bertz CT molecular complexity index is 384. The Kier molecular flexibility index (Phi) is 5.95. The molecular formula is C10H11Cl3N2O3. The first-order chi connectivity index (χ1) is 8.39. The largest absolute Gasteiger partial charge is 0.449 e. The molecule has 0 aliphatic rings. The quantitative estimate of drug-likeness (QED) is 0.659. The number of aliphatic hydroxyl groups is 1. The van der Waals surface area contributed by atoms with E-state index in [1.807, 2.05) is 11.4 Å². The second kappa shape index (κ2) is 6.99. The summed E-state index contributed by atoms with van der Waals surface area (Å²) in [7, 11) is 0. The highest BCUT2D eigenvalue weighted by atomic mass is 35.6. The molecule has 100 valence electrons. The molecule has 0 saturated carbocycles. The van der Waals surface area contributed by atoms with Crippen molar-refractivity contribution in [2.24, 2.45) is 0 Å². The molecule has 2 N–H and O–H groups in total. The number of pyridine rings is 1. The molecule has 1 heterocycles. The zero-order chi connectivity index (χ0) is 13.6. The van der Waals surface area contributed by atoms with Crippen LogP contribution in [0.3, 0.4) is 0 Å². The highest BCUT2D eigenvalue weighted by Gasteiger charge is 2.32. The molecule has 0 bridgehead atoms. The van der Waals surface area contributed by atoms with Gasteiger partial charge in [-0.05, 0) is 12.1 Å². The van der Waals surface area contributed by atoms with E-state index in [2.05, 4.69) is 4.98 Å². The van der Waals surface area contributed by atoms with Gasteiger partial charge in [0, 0.05) is 18.3 Å². The topological polar surface area (TPSA) is 71.5 Å². The third-order valence-corrected chi connectivity index (χ3v) is 2.50. The summed E-state index contributed by atoms with van der Waals surface area (Å²) in [5, 5.41) is 11.2. The van der Waals surface area contributed by atoms with Crippen molar-refractivity contribution in [2.75, 3.05) is 6.61 Å². The Morgan fingerprint density at radius 2 is 2.22 bits per heavy atom. The van der Waals surface area contributed by atoms with E-state index in [9.17, 15) is 9.90 Å². The molecule has 1 aromatic heterocycles. The third-order valence-electron chi connectivity index (χ3n) is 1.88. The molecule has 1 amide bonds. The SMILES string of the molecule is O=C(NC(O)C(Cl)(Cl)Cl)OCCc1ccccn1. The van der Waals surface area contributed by atoms with Crippen molar-refractivity contribution < 1.29 is 14.6 Å². The first-order valence-corrected chi connectivity index (χ1v) is 6.11. The maximum Gasteiger partial charge on any atom is 0.409 e. The smallest absolute Gasteiger partial charge is 0.409 e. The maximum atomic E-state index is 11.2. The molecule has 18 heavy (non-hydrogen) atoms. The van der Waals surface area contributed by atoms with E-state index < -0.39 is 16.1 Å². The fourth-order valence-electron chi connectivity index (χ4n) is 1.03. The molecule has 0 radical (unpaired) electrons. The van der Waals surface area contributed by atoms with Crippen molar-refractivity contribution >= 4 is 40.9 Å². The van der Waals surface area contributed by atoms with Crippen LogP contribution in [0.25, 0.3) is 0 Å². The lowest BCUT2D eigenvalue weighted by atomic mass is 10.3. The first kappa shape index (κ1) is 15.3. The van der Waals surface area contributed by atoms with Crippen LogP contribution in [0.2, 0.25) is 0 Å². The average molecular weight is 314 g/mol. The van der Waals surface area contributed by atoms with E-state index in [1.54, 1.807) is 18.3 Å². The van der Waals surface area contributed by atoms with Crippen LogP contribution in [-0.2, 0) is 11.2 Å². The number of carbonyl (C=O) groups is 1. The summed E-state index contributed by atoms with van der Waals surface area (Å²) in [5.41, 5.74) is 0.784. The number of alkyl halides is 3. The zero-order valence-corrected chi connectivity index (χ0v) is 11.4. The van der Waals surface area contributed by atoms with Gasteiger partial charge in [0.15, 0.2) is 6.23 Å². The molecule has 1 aromatic rings. The molecule has 0 fully saturated rings. The van der Waals surface area contributed by atoms with E-state index >= 15 is 0 Å². The molecular weight excluding hydrogens is 302 g/mol. The van der Waals surface area contributed by atoms with Gasteiger partial charge in [-0.1, -0.05) is 40.9 Å². The number of carbonyl (C=O) groups excluding carboxylic acids is 1. The normalized spacial score (nSPS) is 12.9. The number of ether oxygens (including phenoxy) is 1. The van der Waals surface area contributed by atoms with Gasteiger partial charge in [0.2, 0.25) is 3.79 Å². The highest BCUT2D eigenvalue weighted by Crippen LogP contribution is 2.28. The van der Waals surface area contributed by atoms with Gasteiger partial charge < -0.3 is 9.84 Å². The Morgan fingerprint density at radius 3 is 2.78 bits per heavy atom. The highest BCUT2D eigenvalue weighted by molar-refractivity contribution is 6.68. The predicted octanol–water partition coefficient (Wildman–Crippen LogP) is 2.04. The van der Waals surface area contributed by atoms with Crippen molar-refractivity contribution in [1.29, 1.82) is 0 Å². The van der Waals surface area contributed by atoms with Gasteiger partial charge in [0.1, 0.15) is 0 Å². The molecule has 1 rings (SSSR count). The molecule has 8 heteroatoms. The number of hydrogen-bond acceptors (Lipinski definition) is 4. The number of amides is 1. The van der Waals surface area contributed by atoms with Gasteiger partial charge in [-0.2, -0.15) is 0 Å². The van der Waals surface area contributed by atoms with Crippen molar-refractivity contribution in [1.82, 2.24) is 10.3 Å². The van der Waals surface area contributed by atoms with Gasteiger partial charge in [-0.3, -0.25) is 10.3 Å². The Hall–Kier alpha value is -0.750.